The van der Waals surface area contributed by atoms with E-state index in [2.05, 4.69) is 62.0 Å². The zero-order chi connectivity index (χ0) is 13.8. The summed E-state index contributed by atoms with van der Waals surface area (Å²) >= 11 is 0. The monoisotopic (exact) mass is 259 g/mol. The molecule has 0 spiro atoms. The molecule has 0 amide bonds. The molecule has 2 atom stereocenters. The van der Waals surface area contributed by atoms with E-state index in [0.717, 1.165) is 17.8 Å². The van der Waals surface area contributed by atoms with Crippen LogP contribution in [-0.4, -0.2) is 22.6 Å². The van der Waals surface area contributed by atoms with Crippen LogP contribution in [0.4, 0.5) is 0 Å². The molecule has 1 aromatic carbocycles. The van der Waals surface area contributed by atoms with Crippen LogP contribution in [0.25, 0.3) is 11.0 Å². The maximum absolute atomic E-state index is 4.69. The van der Waals surface area contributed by atoms with Gasteiger partial charge in [0.25, 0.3) is 0 Å². The molecule has 0 aliphatic rings. The van der Waals surface area contributed by atoms with E-state index >= 15 is 0 Å². The molecule has 3 nitrogen and oxygen atoms in total. The number of hydrogen-bond donors (Lipinski definition) is 1. The molecule has 0 radical (unpaired) electrons. The molecule has 0 fully saturated rings. The van der Waals surface area contributed by atoms with Crippen molar-refractivity contribution in [2.45, 2.75) is 52.1 Å². The second-order valence-electron chi connectivity index (χ2n) is 5.18. The van der Waals surface area contributed by atoms with Gasteiger partial charge in [-0.05, 0) is 38.9 Å². The van der Waals surface area contributed by atoms with E-state index in [1.807, 2.05) is 0 Å². The van der Waals surface area contributed by atoms with E-state index in [-0.39, 0.29) is 0 Å². The summed E-state index contributed by atoms with van der Waals surface area (Å²) in [6.45, 7) is 6.62. The first-order valence-corrected chi connectivity index (χ1v) is 7.33. The molecule has 0 aliphatic carbocycles. The minimum atomic E-state index is 0.470. The molecule has 3 heteroatoms. The summed E-state index contributed by atoms with van der Waals surface area (Å²) < 4.78 is 2.41. The molecule has 1 aromatic heterocycles. The number of rotatable bonds is 6. The third kappa shape index (κ3) is 2.66. The summed E-state index contributed by atoms with van der Waals surface area (Å²) in [6, 6.07) is 9.41. The van der Waals surface area contributed by atoms with Gasteiger partial charge in [-0.3, -0.25) is 0 Å². The Labute approximate surface area is 116 Å². The van der Waals surface area contributed by atoms with Crippen LogP contribution in [0.3, 0.4) is 0 Å². The normalized spacial score (nSPS) is 14.7. The van der Waals surface area contributed by atoms with Crippen molar-refractivity contribution in [1.82, 2.24) is 14.9 Å². The Morgan fingerprint density at radius 3 is 2.63 bits per heavy atom. The van der Waals surface area contributed by atoms with E-state index in [1.165, 1.54) is 18.4 Å². The Balaban J connectivity index is 2.47. The van der Waals surface area contributed by atoms with Gasteiger partial charge in [-0.1, -0.05) is 32.4 Å². The van der Waals surface area contributed by atoms with Gasteiger partial charge in [0.15, 0.2) is 0 Å². The molecule has 2 rings (SSSR count). The molecule has 1 N–H and O–H groups in total. The van der Waals surface area contributed by atoms with Crippen LogP contribution in [0, 0.1) is 6.92 Å². The molecule has 19 heavy (non-hydrogen) atoms. The lowest BCUT2D eigenvalue weighted by Gasteiger charge is -2.28. The first-order valence-electron chi connectivity index (χ1n) is 7.33. The highest BCUT2D eigenvalue weighted by atomic mass is 15.1. The zero-order valence-electron chi connectivity index (χ0n) is 12.5. The predicted octanol–water partition coefficient (Wildman–Crippen LogP) is 3.68. The Kier molecular flexibility index (Phi) is 4.59. The number of para-hydroxylation sites is 2. The quantitative estimate of drug-likeness (QED) is 0.857. The second-order valence-corrected chi connectivity index (χ2v) is 5.18. The molecule has 2 unspecified atom stereocenters. The lowest BCUT2D eigenvalue weighted by molar-refractivity contribution is 0.338. The van der Waals surface area contributed by atoms with Gasteiger partial charge in [0, 0.05) is 6.04 Å². The van der Waals surface area contributed by atoms with Crippen LogP contribution >= 0.6 is 0 Å². The van der Waals surface area contributed by atoms with Gasteiger partial charge in [0.2, 0.25) is 0 Å². The summed E-state index contributed by atoms with van der Waals surface area (Å²) in [5, 5.41) is 3.49. The average molecular weight is 259 g/mol. The number of nitrogens with one attached hydrogen (secondary N) is 1. The first kappa shape index (κ1) is 14.1. The van der Waals surface area contributed by atoms with Crippen LogP contribution in [0.2, 0.25) is 0 Å². The van der Waals surface area contributed by atoms with Gasteiger partial charge in [-0.15, -0.1) is 0 Å². The Bertz CT molecular complexity index is 530. The second kappa shape index (κ2) is 6.20. The van der Waals surface area contributed by atoms with Gasteiger partial charge in [0.05, 0.1) is 17.1 Å². The summed E-state index contributed by atoms with van der Waals surface area (Å²) in [5.74, 6) is 1.12. The number of hydrogen-bond acceptors (Lipinski definition) is 2. The standard InChI is InChI=1S/C16H25N3/c1-5-9-13(17-4)15(6-2)19-12(3)18-14-10-7-8-11-16(14)19/h7-8,10-11,13,15,17H,5-6,9H2,1-4H3. The fraction of sp³-hybridized carbons (Fsp3) is 0.562. The Hall–Kier alpha value is -1.35. The third-order valence-corrected chi connectivity index (χ3v) is 3.96. The van der Waals surface area contributed by atoms with Crippen molar-refractivity contribution >= 4 is 11.0 Å². The predicted molar refractivity (Wildman–Crippen MR) is 81.6 cm³/mol. The molecule has 1 heterocycles. The molecule has 0 saturated carbocycles. The van der Waals surface area contributed by atoms with E-state index in [4.69, 9.17) is 4.98 Å². The van der Waals surface area contributed by atoms with E-state index in [1.54, 1.807) is 0 Å². The lowest BCUT2D eigenvalue weighted by Crippen LogP contribution is -2.35. The van der Waals surface area contributed by atoms with Crippen molar-refractivity contribution in [3.8, 4) is 0 Å². The van der Waals surface area contributed by atoms with Crippen molar-refractivity contribution in [2.24, 2.45) is 0 Å². The third-order valence-electron chi connectivity index (χ3n) is 3.96. The minimum absolute atomic E-state index is 0.470. The molecule has 0 bridgehead atoms. The van der Waals surface area contributed by atoms with Gasteiger partial charge >= 0.3 is 0 Å². The highest BCUT2D eigenvalue weighted by Crippen LogP contribution is 2.27. The van der Waals surface area contributed by atoms with Crippen molar-refractivity contribution in [2.75, 3.05) is 7.05 Å². The van der Waals surface area contributed by atoms with Crippen molar-refractivity contribution in [3.05, 3.63) is 30.1 Å². The number of benzene rings is 1. The molecular formula is C16H25N3. The van der Waals surface area contributed by atoms with E-state index < -0.39 is 0 Å². The Morgan fingerprint density at radius 2 is 2.00 bits per heavy atom. The summed E-state index contributed by atoms with van der Waals surface area (Å²) in [6.07, 6.45) is 3.52. The highest BCUT2D eigenvalue weighted by Gasteiger charge is 2.22. The maximum Gasteiger partial charge on any atom is 0.107 e. The fourth-order valence-corrected chi connectivity index (χ4v) is 3.07. The number of likely N-dealkylation sites (N-methyl/N-ethyl adjacent to an activating group) is 1. The van der Waals surface area contributed by atoms with Crippen molar-refractivity contribution < 1.29 is 0 Å². The van der Waals surface area contributed by atoms with Crippen LogP contribution in [0.5, 0.6) is 0 Å². The number of fused-ring (bicyclic) bond motifs is 1. The topological polar surface area (TPSA) is 29.9 Å². The van der Waals surface area contributed by atoms with Crippen LogP contribution in [0.1, 0.15) is 45.0 Å². The molecular weight excluding hydrogens is 234 g/mol. The van der Waals surface area contributed by atoms with Gasteiger partial charge in [-0.25, -0.2) is 4.98 Å². The first-order chi connectivity index (χ1) is 9.22. The minimum Gasteiger partial charge on any atom is -0.324 e. The van der Waals surface area contributed by atoms with Crippen molar-refractivity contribution in [3.63, 3.8) is 0 Å². The molecule has 104 valence electrons. The van der Waals surface area contributed by atoms with Gasteiger partial charge in [0.1, 0.15) is 5.82 Å². The van der Waals surface area contributed by atoms with Gasteiger partial charge in [-0.2, -0.15) is 0 Å². The maximum atomic E-state index is 4.69. The lowest BCUT2D eigenvalue weighted by atomic mass is 10.0. The molecule has 0 saturated heterocycles. The van der Waals surface area contributed by atoms with Crippen molar-refractivity contribution in [1.29, 1.82) is 0 Å². The number of nitrogens with zero attached hydrogens (tertiary/aromatic N) is 2. The van der Waals surface area contributed by atoms with E-state index in [0.29, 0.717) is 12.1 Å². The SMILES string of the molecule is CCCC(NC)C(CC)n1c(C)nc2ccccc21. The largest absolute Gasteiger partial charge is 0.324 e. The molecule has 0 aliphatic heterocycles. The van der Waals surface area contributed by atoms with Crippen LogP contribution in [0.15, 0.2) is 24.3 Å². The summed E-state index contributed by atoms with van der Waals surface area (Å²) in [5.41, 5.74) is 2.35. The number of aromatic nitrogens is 2. The zero-order valence-corrected chi connectivity index (χ0v) is 12.5. The van der Waals surface area contributed by atoms with Gasteiger partial charge < -0.3 is 9.88 Å². The number of imidazole rings is 1. The average Bonchev–Trinajstić information content (AvgIpc) is 2.75. The van der Waals surface area contributed by atoms with Crippen LogP contribution in [-0.2, 0) is 0 Å². The molecule has 2 aromatic rings. The van der Waals surface area contributed by atoms with E-state index in [9.17, 15) is 0 Å². The number of aryl methyl sites for hydroxylation is 1. The Morgan fingerprint density at radius 1 is 1.26 bits per heavy atom. The summed E-state index contributed by atoms with van der Waals surface area (Å²) in [4.78, 5) is 4.69. The highest BCUT2D eigenvalue weighted by molar-refractivity contribution is 5.76. The summed E-state index contributed by atoms with van der Waals surface area (Å²) in [7, 11) is 2.07. The van der Waals surface area contributed by atoms with Crippen LogP contribution < -0.4 is 5.32 Å². The fourth-order valence-electron chi connectivity index (χ4n) is 3.07. The smallest absolute Gasteiger partial charge is 0.107 e.